The molecule has 3 rings (SSSR count). The Labute approximate surface area is 189 Å². The third-order valence-electron chi connectivity index (χ3n) is 5.40. The molecule has 0 spiro atoms. The van der Waals surface area contributed by atoms with Crippen LogP contribution in [0.3, 0.4) is 0 Å². The lowest BCUT2D eigenvalue weighted by Crippen LogP contribution is -2.60. The van der Waals surface area contributed by atoms with Gasteiger partial charge >= 0.3 is 6.09 Å². The lowest BCUT2D eigenvalue weighted by molar-refractivity contribution is 0.00514. The van der Waals surface area contributed by atoms with Gasteiger partial charge in [-0.25, -0.2) is 4.79 Å². The Bertz CT molecular complexity index is 997. The van der Waals surface area contributed by atoms with Crippen LogP contribution in [0.2, 0.25) is 0 Å². The smallest absolute Gasteiger partial charge is 0.410 e. The molecule has 1 amide bonds. The van der Waals surface area contributed by atoms with E-state index in [1.54, 1.807) is 43.9 Å². The number of rotatable bonds is 6. The summed E-state index contributed by atoms with van der Waals surface area (Å²) in [7, 11) is 4.99. The highest BCUT2D eigenvalue weighted by molar-refractivity contribution is 5.70. The molecule has 2 aromatic rings. The first-order valence-corrected chi connectivity index (χ1v) is 10.7. The first-order valence-electron chi connectivity index (χ1n) is 10.7. The van der Waals surface area contributed by atoms with E-state index in [1.807, 2.05) is 39.0 Å². The summed E-state index contributed by atoms with van der Waals surface area (Å²) in [6.07, 6.45) is 1.52. The van der Waals surface area contributed by atoms with Gasteiger partial charge in [0, 0.05) is 50.0 Å². The van der Waals surface area contributed by atoms with Crippen LogP contribution >= 0.6 is 0 Å². The van der Waals surface area contributed by atoms with Crippen molar-refractivity contribution < 1.29 is 19.0 Å². The zero-order chi connectivity index (χ0) is 23.6. The quantitative estimate of drug-likeness (QED) is 0.739. The van der Waals surface area contributed by atoms with Crippen molar-refractivity contribution in [3.05, 3.63) is 45.9 Å². The van der Waals surface area contributed by atoms with Gasteiger partial charge in [0.2, 0.25) is 0 Å². The van der Waals surface area contributed by atoms with E-state index >= 15 is 0 Å². The normalized spacial score (nSPS) is 14.2. The number of likely N-dealkylation sites (tertiary alicyclic amines) is 1. The largest absolute Gasteiger partial charge is 0.496 e. The number of hydrogen-bond acceptors (Lipinski definition) is 6. The van der Waals surface area contributed by atoms with Crippen molar-refractivity contribution in [1.82, 2.24) is 14.8 Å². The third-order valence-corrected chi connectivity index (χ3v) is 5.40. The molecule has 174 valence electrons. The van der Waals surface area contributed by atoms with Crippen molar-refractivity contribution in [3.63, 3.8) is 0 Å². The van der Waals surface area contributed by atoms with E-state index in [1.165, 1.54) is 0 Å². The second kappa shape index (κ2) is 9.24. The molecule has 1 aromatic carbocycles. The Morgan fingerprint density at radius 2 is 1.69 bits per heavy atom. The summed E-state index contributed by atoms with van der Waals surface area (Å²) in [6.45, 7) is 9.10. The van der Waals surface area contributed by atoms with Crippen LogP contribution in [-0.2, 0) is 18.3 Å². The molecule has 8 heteroatoms. The van der Waals surface area contributed by atoms with Crippen LogP contribution in [0.5, 0.6) is 11.5 Å². The number of hydrogen-bond donors (Lipinski definition) is 1. The summed E-state index contributed by atoms with van der Waals surface area (Å²) in [5.74, 6) is 1.39. The van der Waals surface area contributed by atoms with E-state index in [9.17, 15) is 9.59 Å². The molecular weight excluding hydrogens is 410 g/mol. The summed E-state index contributed by atoms with van der Waals surface area (Å²) < 4.78 is 18.3. The maximum atomic E-state index is 12.1. The van der Waals surface area contributed by atoms with Gasteiger partial charge in [0.1, 0.15) is 17.1 Å². The van der Waals surface area contributed by atoms with Crippen LogP contribution in [0.4, 0.5) is 4.79 Å². The van der Waals surface area contributed by atoms with E-state index in [2.05, 4.69) is 5.32 Å². The molecule has 1 saturated heterocycles. The third kappa shape index (κ3) is 5.24. The fourth-order valence-corrected chi connectivity index (χ4v) is 3.69. The number of benzene rings is 1. The maximum absolute atomic E-state index is 12.1. The average molecular weight is 444 g/mol. The Morgan fingerprint density at radius 3 is 2.19 bits per heavy atom. The fraction of sp³-hybridized carbons (Fsp3) is 0.500. The second-order valence-corrected chi connectivity index (χ2v) is 9.15. The van der Waals surface area contributed by atoms with Crippen LogP contribution < -0.4 is 20.3 Å². The van der Waals surface area contributed by atoms with E-state index in [0.717, 1.165) is 16.7 Å². The number of aromatic nitrogens is 1. The van der Waals surface area contributed by atoms with Gasteiger partial charge in [-0.2, -0.15) is 0 Å². The standard InChI is InChI=1S/C24H33N3O5/c1-15-8-17(12-26(5)22(15)28)16-9-20(30-6)19(21(10-16)31-7)11-25-18-13-27(14-18)23(29)32-24(2,3)4/h8-10,12,18,25H,11,13-14H2,1-7H3. The molecule has 1 aliphatic rings. The minimum absolute atomic E-state index is 0.0191. The zero-order valence-corrected chi connectivity index (χ0v) is 19.9. The number of carbonyl (C=O) groups excluding carboxylic acids is 1. The molecule has 0 aliphatic carbocycles. The molecular formula is C24H33N3O5. The van der Waals surface area contributed by atoms with E-state index in [-0.39, 0.29) is 17.7 Å². The van der Waals surface area contributed by atoms with Gasteiger partial charge in [-0.15, -0.1) is 0 Å². The number of ether oxygens (including phenoxy) is 3. The van der Waals surface area contributed by atoms with Gasteiger partial charge in [-0.05, 0) is 57.0 Å². The molecule has 0 radical (unpaired) electrons. The van der Waals surface area contributed by atoms with Crippen LogP contribution in [0.1, 0.15) is 31.9 Å². The average Bonchev–Trinajstić information content (AvgIpc) is 2.68. The Balaban J connectivity index is 1.73. The number of amides is 1. The summed E-state index contributed by atoms with van der Waals surface area (Å²) in [5.41, 5.74) is 2.87. The molecule has 0 unspecified atom stereocenters. The van der Waals surface area contributed by atoms with Crippen molar-refractivity contribution in [2.45, 2.75) is 45.9 Å². The van der Waals surface area contributed by atoms with E-state index in [4.69, 9.17) is 14.2 Å². The zero-order valence-electron chi connectivity index (χ0n) is 19.9. The number of aryl methyl sites for hydroxylation is 2. The van der Waals surface area contributed by atoms with Gasteiger partial charge in [-0.3, -0.25) is 4.79 Å². The topological polar surface area (TPSA) is 82.0 Å². The highest BCUT2D eigenvalue weighted by Crippen LogP contribution is 2.35. The molecule has 2 heterocycles. The van der Waals surface area contributed by atoms with Crippen molar-refractivity contribution in [1.29, 1.82) is 0 Å². The molecule has 1 N–H and O–H groups in total. The summed E-state index contributed by atoms with van der Waals surface area (Å²) >= 11 is 0. The number of carbonyl (C=O) groups is 1. The molecule has 0 bridgehead atoms. The molecule has 0 saturated carbocycles. The number of nitrogens with zero attached hydrogens (tertiary/aromatic N) is 2. The Morgan fingerprint density at radius 1 is 1.09 bits per heavy atom. The Kier molecular flexibility index (Phi) is 6.83. The monoisotopic (exact) mass is 443 g/mol. The number of methoxy groups -OCH3 is 2. The fourth-order valence-electron chi connectivity index (χ4n) is 3.69. The van der Waals surface area contributed by atoms with Gasteiger partial charge < -0.3 is 29.0 Å². The summed E-state index contributed by atoms with van der Waals surface area (Å²) in [5, 5.41) is 3.46. The minimum Gasteiger partial charge on any atom is -0.496 e. The molecule has 1 aromatic heterocycles. The molecule has 32 heavy (non-hydrogen) atoms. The predicted octanol–water partition coefficient (Wildman–Crippen LogP) is 3.09. The first-order chi connectivity index (χ1) is 15.0. The lowest BCUT2D eigenvalue weighted by atomic mass is 10.0. The van der Waals surface area contributed by atoms with Crippen LogP contribution in [0, 0.1) is 6.92 Å². The first kappa shape index (κ1) is 23.7. The van der Waals surface area contributed by atoms with E-state index < -0.39 is 5.60 Å². The number of pyridine rings is 1. The predicted molar refractivity (Wildman–Crippen MR) is 123 cm³/mol. The molecule has 1 fully saturated rings. The van der Waals surface area contributed by atoms with Crippen molar-refractivity contribution in [2.75, 3.05) is 27.3 Å². The van der Waals surface area contributed by atoms with E-state index in [0.29, 0.717) is 36.7 Å². The molecule has 1 aliphatic heterocycles. The van der Waals surface area contributed by atoms with Crippen LogP contribution in [0.15, 0.2) is 29.2 Å². The number of nitrogens with one attached hydrogen (secondary N) is 1. The van der Waals surface area contributed by atoms with Gasteiger partial charge in [0.15, 0.2) is 0 Å². The van der Waals surface area contributed by atoms with Gasteiger partial charge in [0.25, 0.3) is 5.56 Å². The van der Waals surface area contributed by atoms with Crippen LogP contribution in [0.25, 0.3) is 11.1 Å². The van der Waals surface area contributed by atoms with Crippen molar-refractivity contribution >= 4 is 6.09 Å². The highest BCUT2D eigenvalue weighted by atomic mass is 16.6. The summed E-state index contributed by atoms with van der Waals surface area (Å²) in [4.78, 5) is 25.8. The molecule has 0 atom stereocenters. The van der Waals surface area contributed by atoms with Crippen LogP contribution in [-0.4, -0.2) is 54.5 Å². The minimum atomic E-state index is -0.498. The SMILES string of the molecule is COc1cc(-c2cc(C)c(=O)n(C)c2)cc(OC)c1CNC1CN(C(=O)OC(C)(C)C)C1. The summed E-state index contributed by atoms with van der Waals surface area (Å²) in [6, 6.07) is 5.94. The van der Waals surface area contributed by atoms with Gasteiger partial charge in [0.05, 0.1) is 14.2 Å². The van der Waals surface area contributed by atoms with Crippen molar-refractivity contribution in [3.8, 4) is 22.6 Å². The maximum Gasteiger partial charge on any atom is 0.410 e. The lowest BCUT2D eigenvalue weighted by Gasteiger charge is -2.40. The Hall–Kier alpha value is -3.00. The van der Waals surface area contributed by atoms with Gasteiger partial charge in [-0.1, -0.05) is 0 Å². The second-order valence-electron chi connectivity index (χ2n) is 9.15. The molecule has 8 nitrogen and oxygen atoms in total. The van der Waals surface area contributed by atoms with Crippen molar-refractivity contribution in [2.24, 2.45) is 7.05 Å². The highest BCUT2D eigenvalue weighted by Gasteiger charge is 2.33.